The van der Waals surface area contributed by atoms with Gasteiger partial charge in [-0.1, -0.05) is 6.92 Å². The Morgan fingerprint density at radius 3 is 2.67 bits per heavy atom. The molecule has 0 amide bonds. The van der Waals surface area contributed by atoms with E-state index in [1.165, 1.54) is 24.9 Å². The molecule has 0 bridgehead atoms. The molecule has 0 unspecified atom stereocenters. The normalized spacial score (nSPS) is 24.2. The number of hydrogen-bond donors (Lipinski definition) is 0. The second kappa shape index (κ2) is 7.18. The van der Waals surface area contributed by atoms with Crippen LogP contribution in [0.4, 0.5) is 5.95 Å². The van der Waals surface area contributed by atoms with Crippen LogP contribution in [0.1, 0.15) is 25.3 Å². The van der Waals surface area contributed by atoms with Crippen molar-refractivity contribution in [1.29, 1.82) is 0 Å². The molecule has 0 radical (unpaired) electrons. The van der Waals surface area contributed by atoms with Gasteiger partial charge in [0.25, 0.3) is 0 Å². The van der Waals surface area contributed by atoms with Gasteiger partial charge in [-0.05, 0) is 30.7 Å². The predicted molar refractivity (Wildman–Crippen MR) is 83.6 cm³/mol. The molecule has 0 aliphatic carbocycles. The number of nitrogens with zero attached hydrogens (tertiary/aromatic N) is 4. The first-order valence-corrected chi connectivity index (χ1v) is 8.21. The number of morpholine rings is 1. The summed E-state index contributed by atoms with van der Waals surface area (Å²) in [6.07, 6.45) is 7.50. The minimum absolute atomic E-state index is 0.728. The fourth-order valence-electron chi connectivity index (χ4n) is 3.24. The molecule has 2 aliphatic rings. The van der Waals surface area contributed by atoms with E-state index in [4.69, 9.17) is 4.74 Å². The topological polar surface area (TPSA) is 41.5 Å². The van der Waals surface area contributed by atoms with E-state index in [1.54, 1.807) is 0 Å². The van der Waals surface area contributed by atoms with E-state index >= 15 is 0 Å². The smallest absolute Gasteiger partial charge is 0.225 e. The highest BCUT2D eigenvalue weighted by molar-refractivity contribution is 5.30. The summed E-state index contributed by atoms with van der Waals surface area (Å²) in [5.41, 5.74) is 1.21. The van der Waals surface area contributed by atoms with Crippen molar-refractivity contribution >= 4 is 5.95 Å². The van der Waals surface area contributed by atoms with Crippen LogP contribution in [-0.4, -0.2) is 60.8 Å². The molecule has 5 heteroatoms. The number of aryl methyl sites for hydroxylation is 1. The highest BCUT2D eigenvalue weighted by Gasteiger charge is 2.24. The molecule has 0 spiro atoms. The fourth-order valence-corrected chi connectivity index (χ4v) is 3.24. The maximum Gasteiger partial charge on any atom is 0.225 e. The van der Waals surface area contributed by atoms with Gasteiger partial charge in [0.15, 0.2) is 0 Å². The van der Waals surface area contributed by atoms with Crippen LogP contribution in [-0.2, 0) is 11.2 Å². The van der Waals surface area contributed by atoms with Crippen LogP contribution in [0.25, 0.3) is 0 Å². The Kier molecular flexibility index (Phi) is 5.04. The SMILES string of the molecule is CCc1cnc(N2CCC[C@@H](CN3CCOCC3)C2)nc1. The number of piperidine rings is 1. The Bertz CT molecular complexity index is 430. The number of anilines is 1. The molecule has 0 N–H and O–H groups in total. The molecular formula is C16H26N4O. The quantitative estimate of drug-likeness (QED) is 0.842. The van der Waals surface area contributed by atoms with Gasteiger partial charge in [0, 0.05) is 45.1 Å². The van der Waals surface area contributed by atoms with Gasteiger partial charge in [0.1, 0.15) is 0 Å². The molecule has 2 aliphatic heterocycles. The van der Waals surface area contributed by atoms with E-state index < -0.39 is 0 Å². The molecule has 3 rings (SSSR count). The lowest BCUT2D eigenvalue weighted by Gasteiger charge is -2.36. The molecule has 1 aromatic rings. The lowest BCUT2D eigenvalue weighted by atomic mass is 9.97. The molecule has 21 heavy (non-hydrogen) atoms. The molecule has 0 aromatic carbocycles. The number of ether oxygens (including phenoxy) is 1. The van der Waals surface area contributed by atoms with Crippen LogP contribution in [0, 0.1) is 5.92 Å². The van der Waals surface area contributed by atoms with Gasteiger partial charge in [-0.15, -0.1) is 0 Å². The summed E-state index contributed by atoms with van der Waals surface area (Å²) in [5, 5.41) is 0. The second-order valence-corrected chi connectivity index (χ2v) is 6.11. The van der Waals surface area contributed by atoms with Crippen molar-refractivity contribution in [1.82, 2.24) is 14.9 Å². The van der Waals surface area contributed by atoms with Crippen molar-refractivity contribution in [3.8, 4) is 0 Å². The van der Waals surface area contributed by atoms with Crippen molar-refractivity contribution < 1.29 is 4.74 Å². The van der Waals surface area contributed by atoms with E-state index in [-0.39, 0.29) is 0 Å². The third kappa shape index (κ3) is 3.92. The summed E-state index contributed by atoms with van der Waals surface area (Å²) >= 11 is 0. The largest absolute Gasteiger partial charge is 0.379 e. The van der Waals surface area contributed by atoms with Gasteiger partial charge < -0.3 is 9.64 Å². The molecule has 2 fully saturated rings. The van der Waals surface area contributed by atoms with E-state index in [0.717, 1.165) is 57.7 Å². The van der Waals surface area contributed by atoms with Crippen LogP contribution >= 0.6 is 0 Å². The summed E-state index contributed by atoms with van der Waals surface area (Å²) in [6, 6.07) is 0. The molecule has 1 aromatic heterocycles. The van der Waals surface area contributed by atoms with Crippen LogP contribution in [0.2, 0.25) is 0 Å². The first-order chi connectivity index (χ1) is 10.3. The molecule has 116 valence electrons. The zero-order valence-electron chi connectivity index (χ0n) is 13.0. The van der Waals surface area contributed by atoms with Crippen LogP contribution < -0.4 is 4.90 Å². The van der Waals surface area contributed by atoms with Gasteiger partial charge in [-0.3, -0.25) is 4.90 Å². The van der Waals surface area contributed by atoms with Crippen molar-refractivity contribution in [2.24, 2.45) is 5.92 Å². The molecule has 0 saturated carbocycles. The maximum absolute atomic E-state index is 5.43. The molecular weight excluding hydrogens is 264 g/mol. The van der Waals surface area contributed by atoms with Crippen LogP contribution in [0.3, 0.4) is 0 Å². The second-order valence-electron chi connectivity index (χ2n) is 6.11. The van der Waals surface area contributed by atoms with E-state index in [0.29, 0.717) is 0 Å². The zero-order valence-corrected chi connectivity index (χ0v) is 13.0. The lowest BCUT2D eigenvalue weighted by Crippen LogP contribution is -2.45. The predicted octanol–water partition coefficient (Wildman–Crippen LogP) is 1.59. The summed E-state index contributed by atoms with van der Waals surface area (Å²) in [5.74, 6) is 1.63. The van der Waals surface area contributed by atoms with Crippen LogP contribution in [0.15, 0.2) is 12.4 Å². The van der Waals surface area contributed by atoms with Crippen LogP contribution in [0.5, 0.6) is 0 Å². The maximum atomic E-state index is 5.43. The highest BCUT2D eigenvalue weighted by Crippen LogP contribution is 2.21. The number of hydrogen-bond acceptors (Lipinski definition) is 5. The molecule has 3 heterocycles. The van der Waals surface area contributed by atoms with Crippen molar-refractivity contribution in [3.05, 3.63) is 18.0 Å². The van der Waals surface area contributed by atoms with Crippen molar-refractivity contribution in [3.63, 3.8) is 0 Å². The van der Waals surface area contributed by atoms with E-state index in [2.05, 4.69) is 26.7 Å². The van der Waals surface area contributed by atoms with E-state index in [1.807, 2.05) is 12.4 Å². The Hall–Kier alpha value is -1.20. The minimum Gasteiger partial charge on any atom is -0.379 e. The Morgan fingerprint density at radius 2 is 1.95 bits per heavy atom. The third-order valence-corrected chi connectivity index (χ3v) is 4.52. The van der Waals surface area contributed by atoms with Crippen molar-refractivity contribution in [2.75, 3.05) is 50.8 Å². The van der Waals surface area contributed by atoms with Gasteiger partial charge in [-0.25, -0.2) is 9.97 Å². The Morgan fingerprint density at radius 1 is 1.19 bits per heavy atom. The molecule has 5 nitrogen and oxygen atoms in total. The Labute approximate surface area is 127 Å². The van der Waals surface area contributed by atoms with Gasteiger partial charge >= 0.3 is 0 Å². The minimum atomic E-state index is 0.728. The standard InChI is InChI=1S/C16H26N4O/c1-2-14-10-17-16(18-11-14)20-5-3-4-15(13-20)12-19-6-8-21-9-7-19/h10-11,15H,2-9,12-13H2,1H3/t15-/m0/s1. The summed E-state index contributed by atoms with van der Waals surface area (Å²) < 4.78 is 5.43. The summed E-state index contributed by atoms with van der Waals surface area (Å²) in [6.45, 7) is 9.44. The van der Waals surface area contributed by atoms with Gasteiger partial charge in [0.2, 0.25) is 5.95 Å². The highest BCUT2D eigenvalue weighted by atomic mass is 16.5. The molecule has 2 saturated heterocycles. The van der Waals surface area contributed by atoms with Gasteiger partial charge in [0.05, 0.1) is 13.2 Å². The average molecular weight is 290 g/mol. The number of aromatic nitrogens is 2. The molecule has 1 atom stereocenters. The fraction of sp³-hybridized carbons (Fsp3) is 0.750. The monoisotopic (exact) mass is 290 g/mol. The van der Waals surface area contributed by atoms with Crippen molar-refractivity contribution in [2.45, 2.75) is 26.2 Å². The van der Waals surface area contributed by atoms with E-state index in [9.17, 15) is 0 Å². The first-order valence-electron chi connectivity index (χ1n) is 8.21. The average Bonchev–Trinajstić information content (AvgIpc) is 2.56. The first kappa shape index (κ1) is 14.7. The third-order valence-electron chi connectivity index (χ3n) is 4.52. The number of rotatable bonds is 4. The Balaban J connectivity index is 1.56. The lowest BCUT2D eigenvalue weighted by molar-refractivity contribution is 0.0296. The zero-order chi connectivity index (χ0) is 14.5. The van der Waals surface area contributed by atoms with Gasteiger partial charge in [-0.2, -0.15) is 0 Å². The summed E-state index contributed by atoms with van der Waals surface area (Å²) in [4.78, 5) is 14.0. The summed E-state index contributed by atoms with van der Waals surface area (Å²) in [7, 11) is 0.